The zero-order valence-electron chi connectivity index (χ0n) is 17.9. The fraction of sp³-hybridized carbons (Fsp3) is 0.500. The van der Waals surface area contributed by atoms with Gasteiger partial charge in [0.25, 0.3) is 0 Å². The maximum atomic E-state index is 12.3. The minimum atomic E-state index is -3.60. The number of unbranched alkanes of at least 4 members (excludes halogenated alkanes) is 2. The molecule has 1 amide bonds. The van der Waals surface area contributed by atoms with Gasteiger partial charge in [-0.25, -0.2) is 18.5 Å². The predicted octanol–water partition coefficient (Wildman–Crippen LogP) is 3.50. The largest absolute Gasteiger partial charge is 0.438 e. The lowest BCUT2D eigenvalue weighted by atomic mass is 10.0. The van der Waals surface area contributed by atoms with Gasteiger partial charge in [0.1, 0.15) is 11.8 Å². The van der Waals surface area contributed by atoms with Crippen LogP contribution in [0.5, 0.6) is 0 Å². The van der Waals surface area contributed by atoms with Crippen molar-refractivity contribution >= 4 is 21.7 Å². The zero-order valence-corrected chi connectivity index (χ0v) is 18.7. The molecule has 170 valence electrons. The van der Waals surface area contributed by atoms with Crippen LogP contribution in [0.1, 0.15) is 70.2 Å². The molecule has 0 aliphatic rings. The Balaban J connectivity index is 1.99. The zero-order chi connectivity index (χ0) is 22.7. The number of sulfonamides is 1. The maximum absolute atomic E-state index is 12.3. The second-order valence-electron chi connectivity index (χ2n) is 7.51. The number of carbonyl (C=O) groups is 2. The van der Waals surface area contributed by atoms with E-state index in [1.807, 2.05) is 37.3 Å². The number of ketones is 1. The van der Waals surface area contributed by atoms with Crippen LogP contribution in [0.4, 0.5) is 0 Å². The molecule has 0 fully saturated rings. The number of hydrogen-bond donors (Lipinski definition) is 2. The van der Waals surface area contributed by atoms with Gasteiger partial charge >= 0.3 is 0 Å². The number of aromatic nitrogens is 1. The summed E-state index contributed by atoms with van der Waals surface area (Å²) in [6.07, 6.45) is 6.01. The van der Waals surface area contributed by atoms with Crippen LogP contribution in [0, 0.1) is 0 Å². The first-order valence-electron chi connectivity index (χ1n) is 10.6. The number of rotatable bonds is 14. The summed E-state index contributed by atoms with van der Waals surface area (Å²) in [5.74, 6) is 0.739. The Labute approximate surface area is 183 Å². The summed E-state index contributed by atoms with van der Waals surface area (Å²) >= 11 is 0. The van der Waals surface area contributed by atoms with Crippen LogP contribution in [-0.4, -0.2) is 30.8 Å². The van der Waals surface area contributed by atoms with Crippen molar-refractivity contribution in [1.82, 2.24) is 10.3 Å². The van der Waals surface area contributed by atoms with E-state index in [4.69, 9.17) is 9.56 Å². The van der Waals surface area contributed by atoms with E-state index in [0.29, 0.717) is 30.9 Å². The van der Waals surface area contributed by atoms with Gasteiger partial charge in [-0.1, -0.05) is 50.1 Å². The first kappa shape index (κ1) is 24.7. The molecule has 9 heteroatoms. The molecule has 31 heavy (non-hydrogen) atoms. The number of nitrogens with zero attached hydrogens (tertiary/aromatic N) is 1. The first-order chi connectivity index (χ1) is 14.8. The third-order valence-corrected chi connectivity index (χ3v) is 5.75. The number of hydrogen-bond acceptors (Lipinski definition) is 6. The van der Waals surface area contributed by atoms with Gasteiger partial charge in [-0.2, -0.15) is 0 Å². The van der Waals surface area contributed by atoms with Crippen LogP contribution in [0.25, 0.3) is 11.3 Å². The number of benzene rings is 1. The average Bonchev–Trinajstić information content (AvgIpc) is 3.22. The molecule has 0 aliphatic heterocycles. The standard InChI is InChI=1S/C22H31N3O5S/c1-2-18(26)12-7-4-8-13-19(25-21(27)14-9-15-31(23,28)29)22-24-16-20(30-22)17-10-5-3-6-11-17/h3,5-6,10-11,16,19H,2,4,7-9,12-15H2,1H3,(H,25,27)(H2,23,28,29). The van der Waals surface area contributed by atoms with Gasteiger partial charge in [0, 0.05) is 24.8 Å². The topological polar surface area (TPSA) is 132 Å². The van der Waals surface area contributed by atoms with Crippen molar-refractivity contribution in [2.45, 2.75) is 64.3 Å². The van der Waals surface area contributed by atoms with E-state index >= 15 is 0 Å². The molecule has 0 bridgehead atoms. The normalized spacial score (nSPS) is 12.5. The fourth-order valence-electron chi connectivity index (χ4n) is 3.17. The van der Waals surface area contributed by atoms with E-state index in [1.165, 1.54) is 0 Å². The highest BCUT2D eigenvalue weighted by Gasteiger charge is 2.20. The molecule has 2 rings (SSSR count). The van der Waals surface area contributed by atoms with E-state index in [9.17, 15) is 18.0 Å². The average molecular weight is 450 g/mol. The molecule has 0 saturated carbocycles. The summed E-state index contributed by atoms with van der Waals surface area (Å²) < 4.78 is 28.0. The lowest BCUT2D eigenvalue weighted by Gasteiger charge is -2.16. The summed E-state index contributed by atoms with van der Waals surface area (Å²) in [7, 11) is -3.60. The van der Waals surface area contributed by atoms with Gasteiger partial charge in [0.2, 0.25) is 21.8 Å². The number of primary sulfonamides is 1. The first-order valence-corrected chi connectivity index (χ1v) is 12.3. The monoisotopic (exact) mass is 449 g/mol. The third-order valence-electron chi connectivity index (χ3n) is 4.89. The number of Topliss-reactive ketones (excluding diaryl/α,β-unsaturated/α-hetero) is 1. The smallest absolute Gasteiger partial charge is 0.220 e. The SMILES string of the molecule is CCC(=O)CCCCCC(NC(=O)CCCS(N)(=O)=O)c1ncc(-c2ccccc2)o1. The maximum Gasteiger partial charge on any atom is 0.220 e. The summed E-state index contributed by atoms with van der Waals surface area (Å²) in [4.78, 5) is 28.2. The van der Waals surface area contributed by atoms with Crippen molar-refractivity contribution in [3.05, 3.63) is 42.4 Å². The molecule has 1 atom stereocenters. The van der Waals surface area contributed by atoms with Gasteiger partial charge in [-0.3, -0.25) is 9.59 Å². The summed E-state index contributed by atoms with van der Waals surface area (Å²) in [6.45, 7) is 1.86. The van der Waals surface area contributed by atoms with Crippen molar-refractivity contribution in [3.63, 3.8) is 0 Å². The highest BCUT2D eigenvalue weighted by atomic mass is 32.2. The Hall–Kier alpha value is -2.52. The second-order valence-corrected chi connectivity index (χ2v) is 9.24. The predicted molar refractivity (Wildman–Crippen MR) is 118 cm³/mol. The van der Waals surface area contributed by atoms with E-state index in [1.54, 1.807) is 6.20 Å². The molecule has 1 unspecified atom stereocenters. The number of amides is 1. The Bertz CT molecular complexity index is 941. The fourth-order valence-corrected chi connectivity index (χ4v) is 3.71. The van der Waals surface area contributed by atoms with Gasteiger partial charge in [0.15, 0.2) is 5.76 Å². The molecular weight excluding hydrogens is 418 g/mol. The third kappa shape index (κ3) is 9.44. The summed E-state index contributed by atoms with van der Waals surface area (Å²) in [6, 6.07) is 9.11. The van der Waals surface area contributed by atoms with Crippen LogP contribution in [0.15, 0.2) is 40.9 Å². The summed E-state index contributed by atoms with van der Waals surface area (Å²) in [5.41, 5.74) is 0.887. The second kappa shape index (κ2) is 12.4. The molecule has 0 spiro atoms. The molecule has 1 aromatic carbocycles. The van der Waals surface area contributed by atoms with E-state index in [-0.39, 0.29) is 30.3 Å². The van der Waals surface area contributed by atoms with Crippen LogP contribution in [0.2, 0.25) is 0 Å². The van der Waals surface area contributed by atoms with Crippen molar-refractivity contribution in [3.8, 4) is 11.3 Å². The van der Waals surface area contributed by atoms with Gasteiger partial charge in [0.05, 0.1) is 11.9 Å². The van der Waals surface area contributed by atoms with Crippen molar-refractivity contribution in [1.29, 1.82) is 0 Å². The number of nitrogens with two attached hydrogens (primary N) is 1. The Morgan fingerprint density at radius 2 is 1.84 bits per heavy atom. The van der Waals surface area contributed by atoms with Crippen LogP contribution in [0.3, 0.4) is 0 Å². The van der Waals surface area contributed by atoms with E-state index < -0.39 is 16.1 Å². The van der Waals surface area contributed by atoms with Gasteiger partial charge in [-0.15, -0.1) is 0 Å². The van der Waals surface area contributed by atoms with Crippen molar-refractivity contribution < 1.29 is 22.4 Å². The van der Waals surface area contributed by atoms with Crippen LogP contribution >= 0.6 is 0 Å². The van der Waals surface area contributed by atoms with Gasteiger partial charge < -0.3 is 9.73 Å². The Kier molecular flexibility index (Phi) is 9.87. The highest BCUT2D eigenvalue weighted by molar-refractivity contribution is 7.89. The van der Waals surface area contributed by atoms with Crippen LogP contribution in [-0.2, 0) is 19.6 Å². The molecule has 0 radical (unpaired) electrons. The molecule has 2 aromatic rings. The molecular formula is C22H31N3O5S. The van der Waals surface area contributed by atoms with E-state index in [0.717, 1.165) is 24.8 Å². The van der Waals surface area contributed by atoms with E-state index in [2.05, 4.69) is 10.3 Å². The molecule has 0 saturated heterocycles. The lowest BCUT2D eigenvalue weighted by molar-refractivity contribution is -0.122. The van der Waals surface area contributed by atoms with Crippen molar-refractivity contribution in [2.24, 2.45) is 5.14 Å². The quantitative estimate of drug-likeness (QED) is 0.424. The Morgan fingerprint density at radius 3 is 2.52 bits per heavy atom. The van der Waals surface area contributed by atoms with Gasteiger partial charge in [-0.05, 0) is 19.3 Å². The molecule has 8 nitrogen and oxygen atoms in total. The van der Waals surface area contributed by atoms with Crippen molar-refractivity contribution in [2.75, 3.05) is 5.75 Å². The molecule has 3 N–H and O–H groups in total. The Morgan fingerprint density at radius 1 is 1.10 bits per heavy atom. The molecule has 1 heterocycles. The molecule has 0 aliphatic carbocycles. The number of nitrogens with one attached hydrogen (secondary N) is 1. The van der Waals surface area contributed by atoms with Crippen LogP contribution < -0.4 is 10.5 Å². The number of oxazole rings is 1. The highest BCUT2D eigenvalue weighted by Crippen LogP contribution is 2.26. The minimum absolute atomic E-state index is 0.0458. The lowest BCUT2D eigenvalue weighted by Crippen LogP contribution is -2.29. The minimum Gasteiger partial charge on any atom is -0.438 e. The molecule has 1 aromatic heterocycles. The number of carbonyl (C=O) groups excluding carboxylic acids is 2. The summed E-state index contributed by atoms with van der Waals surface area (Å²) in [5, 5.41) is 7.89.